The van der Waals surface area contributed by atoms with Gasteiger partial charge in [0.05, 0.1) is 70.6 Å². The second-order valence-electron chi connectivity index (χ2n) is 13.0. The van der Waals surface area contributed by atoms with Crippen LogP contribution in [0.15, 0.2) is 121 Å². The Balaban J connectivity index is 0.000000248. The van der Waals surface area contributed by atoms with Gasteiger partial charge in [0.1, 0.15) is 17.7 Å². The minimum Gasteiger partial charge on any atom is -0.501 e. The molecule has 6 aromatic carbocycles. The molecular weight excluding hydrogens is 955 g/mol. The summed E-state index contributed by atoms with van der Waals surface area (Å²) in [5.74, 6) is -4.03. The normalized spacial score (nSPS) is 10.1. The first-order valence-electron chi connectivity index (χ1n) is 18.6. The average Bonchev–Trinajstić information content (AvgIpc) is 3.33. The lowest BCUT2D eigenvalue weighted by Gasteiger charge is -2.15. The molecule has 0 fully saturated rings. The highest BCUT2D eigenvalue weighted by Crippen LogP contribution is 2.46. The van der Waals surface area contributed by atoms with Crippen LogP contribution in [0.3, 0.4) is 0 Å². The van der Waals surface area contributed by atoms with Gasteiger partial charge in [-0.05, 0) is 58.7 Å². The first kappa shape index (κ1) is 50.3. The molecule has 6 aromatic rings. The molecule has 0 radical (unpaired) electrons. The quantitative estimate of drug-likeness (QED) is 0.0396. The van der Waals surface area contributed by atoms with Crippen LogP contribution in [0.4, 0.5) is 11.4 Å². The zero-order chi connectivity index (χ0) is 47.8. The maximum Gasteiger partial charge on any atom is 0.341 e. The molecule has 1 N–H and O–H groups in total. The van der Waals surface area contributed by atoms with E-state index in [1.165, 1.54) is 74.4 Å². The molecular formula is C46H37BrCl2N2O14. The van der Waals surface area contributed by atoms with Gasteiger partial charge in [0, 0.05) is 5.33 Å². The zero-order valence-corrected chi connectivity index (χ0v) is 37.8. The topological polar surface area (TPSA) is 221 Å². The van der Waals surface area contributed by atoms with Crippen molar-refractivity contribution in [3.8, 4) is 33.8 Å². The molecule has 0 unspecified atom stereocenters. The number of carbonyl (C=O) groups excluding carboxylic acids is 4. The minimum absolute atomic E-state index is 0.0198. The van der Waals surface area contributed by atoms with Crippen molar-refractivity contribution in [3.05, 3.63) is 185 Å². The molecule has 336 valence electrons. The molecule has 0 bridgehead atoms. The van der Waals surface area contributed by atoms with Crippen molar-refractivity contribution in [2.24, 2.45) is 0 Å². The lowest BCUT2D eigenvalue weighted by molar-refractivity contribution is -0.385. The number of nitro groups is 2. The first-order valence-corrected chi connectivity index (χ1v) is 20.5. The molecule has 0 aliphatic rings. The number of ether oxygens (including phenoxy) is 5. The highest BCUT2D eigenvalue weighted by molar-refractivity contribution is 9.08. The van der Waals surface area contributed by atoms with Gasteiger partial charge in [0.2, 0.25) is 11.5 Å². The van der Waals surface area contributed by atoms with Gasteiger partial charge >= 0.3 is 35.3 Å². The van der Waals surface area contributed by atoms with Gasteiger partial charge in [-0.1, -0.05) is 124 Å². The third-order valence-electron chi connectivity index (χ3n) is 9.02. The third kappa shape index (κ3) is 12.7. The van der Waals surface area contributed by atoms with E-state index >= 15 is 0 Å². The Kier molecular flexibility index (Phi) is 18.5. The maximum absolute atomic E-state index is 12.3. The van der Waals surface area contributed by atoms with Crippen LogP contribution in [0.25, 0.3) is 22.3 Å². The lowest BCUT2D eigenvalue weighted by atomic mass is 9.99. The molecule has 0 heterocycles. The molecule has 65 heavy (non-hydrogen) atoms. The number of nitro benzene ring substituents is 2. The number of halogens is 3. The molecule has 19 heteroatoms. The van der Waals surface area contributed by atoms with Gasteiger partial charge < -0.3 is 28.8 Å². The van der Waals surface area contributed by atoms with E-state index < -0.39 is 56.4 Å². The standard InChI is InChI=1S/C23H18ClNO7.C16H12ClNO7.C7H7Br/c1-30-22(26)16-10-8-15(9-11-16)19-18(24)12-17(23(27)31-2)21(20(19)25(28)29)32-13-14-6-4-3-5-7-14;1-24-15(20)9-5-3-8(4-6-9)12-11(17)7-10(16(21)25-2)14(19)13(12)18(22)23;8-6-7-4-2-1-3-5-7/h3-12H,13H2,1-2H3;3-7,19H,1-2H3;1-5H,6H2. The van der Waals surface area contributed by atoms with E-state index in [1.807, 2.05) is 24.3 Å². The summed E-state index contributed by atoms with van der Waals surface area (Å²) in [5.41, 5.74) is 1.34. The molecule has 0 atom stereocenters. The van der Waals surface area contributed by atoms with E-state index in [0.717, 1.165) is 31.2 Å². The van der Waals surface area contributed by atoms with Crippen molar-refractivity contribution in [1.82, 2.24) is 0 Å². The summed E-state index contributed by atoms with van der Waals surface area (Å²) < 4.78 is 24.2. The van der Waals surface area contributed by atoms with E-state index in [0.29, 0.717) is 5.56 Å². The highest BCUT2D eigenvalue weighted by Gasteiger charge is 2.33. The van der Waals surface area contributed by atoms with Crippen molar-refractivity contribution in [3.63, 3.8) is 0 Å². The summed E-state index contributed by atoms with van der Waals surface area (Å²) in [5, 5.41) is 34.4. The van der Waals surface area contributed by atoms with Crippen LogP contribution in [0, 0.1) is 20.2 Å². The van der Waals surface area contributed by atoms with E-state index in [9.17, 15) is 44.5 Å². The van der Waals surface area contributed by atoms with Gasteiger partial charge in [-0.25, -0.2) is 19.2 Å². The van der Waals surface area contributed by atoms with Crippen LogP contribution >= 0.6 is 39.1 Å². The lowest BCUT2D eigenvalue weighted by Crippen LogP contribution is -2.10. The molecule has 0 saturated heterocycles. The first-order chi connectivity index (χ1) is 31.1. The fourth-order valence-electron chi connectivity index (χ4n) is 5.90. The van der Waals surface area contributed by atoms with Crippen LogP contribution in [0.2, 0.25) is 10.0 Å². The number of phenols is 1. The number of hydrogen-bond acceptors (Lipinski definition) is 14. The van der Waals surface area contributed by atoms with Crippen molar-refractivity contribution in [1.29, 1.82) is 0 Å². The van der Waals surface area contributed by atoms with E-state index in [4.69, 9.17) is 32.7 Å². The highest BCUT2D eigenvalue weighted by atomic mass is 79.9. The number of nitrogens with zero attached hydrogens (tertiary/aromatic N) is 2. The van der Waals surface area contributed by atoms with E-state index in [-0.39, 0.29) is 55.8 Å². The Hall–Kier alpha value is -7.34. The second kappa shape index (κ2) is 23.9. The van der Waals surface area contributed by atoms with Crippen molar-refractivity contribution < 1.29 is 57.8 Å². The molecule has 0 amide bonds. The van der Waals surface area contributed by atoms with Gasteiger partial charge in [0.25, 0.3) is 0 Å². The average molecular weight is 993 g/mol. The minimum atomic E-state index is -0.963. The predicted molar refractivity (Wildman–Crippen MR) is 244 cm³/mol. The number of carbonyl (C=O) groups is 4. The van der Waals surface area contributed by atoms with Crippen LogP contribution in [0.1, 0.15) is 52.6 Å². The summed E-state index contributed by atoms with van der Waals surface area (Å²) in [7, 11) is 4.70. The zero-order valence-electron chi connectivity index (χ0n) is 34.7. The number of rotatable bonds is 12. The molecule has 16 nitrogen and oxygen atoms in total. The van der Waals surface area contributed by atoms with Crippen LogP contribution in [-0.4, -0.2) is 67.3 Å². The second-order valence-corrected chi connectivity index (χ2v) is 14.3. The number of hydrogen-bond donors (Lipinski definition) is 1. The number of alkyl halides is 1. The van der Waals surface area contributed by atoms with Crippen molar-refractivity contribution in [2.45, 2.75) is 11.9 Å². The summed E-state index contributed by atoms with van der Waals surface area (Å²) in [4.78, 5) is 69.2. The number of methoxy groups -OCH3 is 4. The molecule has 6 rings (SSSR count). The molecule has 0 aliphatic heterocycles. The summed E-state index contributed by atoms with van der Waals surface area (Å²) in [6, 6.07) is 33.1. The maximum atomic E-state index is 12.3. The van der Waals surface area contributed by atoms with Crippen LogP contribution in [0.5, 0.6) is 11.5 Å². The third-order valence-corrected chi connectivity index (χ3v) is 10.3. The number of benzene rings is 6. The monoisotopic (exact) mass is 990 g/mol. The Morgan fingerprint density at radius 1 is 0.569 bits per heavy atom. The summed E-state index contributed by atoms with van der Waals surface area (Å²) in [6.45, 7) is -0.0198. The molecule has 0 aliphatic carbocycles. The Morgan fingerprint density at radius 2 is 0.954 bits per heavy atom. The van der Waals surface area contributed by atoms with Crippen LogP contribution < -0.4 is 4.74 Å². The van der Waals surface area contributed by atoms with Gasteiger partial charge in [-0.3, -0.25) is 20.2 Å². The summed E-state index contributed by atoms with van der Waals surface area (Å²) >= 11 is 15.8. The van der Waals surface area contributed by atoms with E-state index in [2.05, 4.69) is 42.3 Å². The Labute approximate surface area is 389 Å². The van der Waals surface area contributed by atoms with Crippen molar-refractivity contribution in [2.75, 3.05) is 28.4 Å². The number of phenolic OH excluding ortho intramolecular Hbond substituents is 1. The van der Waals surface area contributed by atoms with Gasteiger partial charge in [-0.2, -0.15) is 0 Å². The van der Waals surface area contributed by atoms with Crippen molar-refractivity contribution >= 4 is 74.4 Å². The Bertz CT molecular complexity index is 2680. The Morgan fingerprint density at radius 3 is 1.34 bits per heavy atom. The van der Waals surface area contributed by atoms with Gasteiger partial charge in [-0.15, -0.1) is 0 Å². The number of esters is 4. The molecule has 0 saturated carbocycles. The summed E-state index contributed by atoms with van der Waals surface area (Å²) in [6.07, 6.45) is 0. The predicted octanol–water partition coefficient (Wildman–Crippen LogP) is 10.8. The number of aromatic hydroxyl groups is 1. The SMILES string of the molecule is BrCc1ccccc1.COC(=O)c1ccc(-c2c(Cl)cc(C(=O)OC)c(O)c2[N+](=O)[O-])cc1.COC(=O)c1ccc(-c2c(Cl)cc(C(=O)OC)c(OCc3ccccc3)c2[N+](=O)[O-])cc1. The van der Waals surface area contributed by atoms with E-state index in [1.54, 1.807) is 24.3 Å². The molecule has 0 spiro atoms. The molecule has 0 aromatic heterocycles. The fourth-order valence-corrected chi connectivity index (χ4v) is 6.89. The fraction of sp³-hybridized carbons (Fsp3) is 0.130. The van der Waals surface area contributed by atoms with Crippen LogP contribution in [-0.2, 0) is 30.9 Å². The van der Waals surface area contributed by atoms with Gasteiger partial charge in [0.15, 0.2) is 0 Å². The smallest absolute Gasteiger partial charge is 0.341 e. The largest absolute Gasteiger partial charge is 0.501 e.